The van der Waals surface area contributed by atoms with Crippen molar-refractivity contribution in [2.24, 2.45) is 13.0 Å². The molecule has 1 aliphatic rings. The van der Waals surface area contributed by atoms with E-state index < -0.39 is 0 Å². The van der Waals surface area contributed by atoms with Gasteiger partial charge >= 0.3 is 0 Å². The van der Waals surface area contributed by atoms with E-state index in [2.05, 4.69) is 0 Å². The summed E-state index contributed by atoms with van der Waals surface area (Å²) in [5.74, 6) is 0.00381. The number of carbonyl (C=O) groups is 2. The topological polar surface area (TPSA) is 62.5 Å². The fourth-order valence-electron chi connectivity index (χ4n) is 2.83. The standard InChI is InChI=1S/C15H22N2O3/c1-10(18)12-7-13(16(2)9-12)15(20)17(3)8-11-5-4-6-14(11)19/h7,9,11,14,19H,4-6,8H2,1-3H3. The molecule has 1 aromatic heterocycles. The Kier molecular flexibility index (Phi) is 4.28. The van der Waals surface area contributed by atoms with Crippen molar-refractivity contribution in [3.8, 4) is 0 Å². The minimum absolute atomic E-state index is 0.0477. The Morgan fingerprint density at radius 2 is 2.15 bits per heavy atom. The zero-order chi connectivity index (χ0) is 14.9. The molecule has 1 aliphatic carbocycles. The predicted octanol–water partition coefficient (Wildman–Crippen LogP) is 1.46. The number of amides is 1. The summed E-state index contributed by atoms with van der Waals surface area (Å²) in [5, 5.41) is 9.83. The Morgan fingerprint density at radius 1 is 1.45 bits per heavy atom. The number of hydrogen-bond donors (Lipinski definition) is 1. The third kappa shape index (κ3) is 2.93. The molecule has 1 heterocycles. The van der Waals surface area contributed by atoms with Crippen LogP contribution in [0.2, 0.25) is 0 Å². The van der Waals surface area contributed by atoms with E-state index in [1.807, 2.05) is 0 Å². The first-order chi connectivity index (χ1) is 9.40. The van der Waals surface area contributed by atoms with Gasteiger partial charge in [-0.3, -0.25) is 9.59 Å². The first-order valence-electron chi connectivity index (χ1n) is 7.01. The lowest BCUT2D eigenvalue weighted by atomic mass is 10.1. The summed E-state index contributed by atoms with van der Waals surface area (Å²) >= 11 is 0. The number of aliphatic hydroxyl groups is 1. The number of carbonyl (C=O) groups excluding carboxylic acids is 2. The molecule has 1 aromatic rings. The smallest absolute Gasteiger partial charge is 0.270 e. The summed E-state index contributed by atoms with van der Waals surface area (Å²) in [4.78, 5) is 25.4. The minimum atomic E-state index is -0.300. The van der Waals surface area contributed by atoms with E-state index in [-0.39, 0.29) is 23.7 Å². The summed E-state index contributed by atoms with van der Waals surface area (Å²) in [6.07, 6.45) is 4.18. The third-order valence-corrected chi connectivity index (χ3v) is 4.10. The quantitative estimate of drug-likeness (QED) is 0.848. The van der Waals surface area contributed by atoms with Crippen molar-refractivity contribution in [2.75, 3.05) is 13.6 Å². The van der Waals surface area contributed by atoms with E-state index in [1.165, 1.54) is 6.92 Å². The van der Waals surface area contributed by atoms with Crippen molar-refractivity contribution in [1.82, 2.24) is 9.47 Å². The number of aromatic nitrogens is 1. The predicted molar refractivity (Wildman–Crippen MR) is 75.7 cm³/mol. The maximum Gasteiger partial charge on any atom is 0.270 e. The van der Waals surface area contributed by atoms with Crippen LogP contribution < -0.4 is 0 Å². The molecule has 20 heavy (non-hydrogen) atoms. The molecule has 0 aliphatic heterocycles. The van der Waals surface area contributed by atoms with Crippen LogP contribution in [0.25, 0.3) is 0 Å². The van der Waals surface area contributed by atoms with Crippen molar-refractivity contribution in [3.63, 3.8) is 0 Å². The fraction of sp³-hybridized carbons (Fsp3) is 0.600. The van der Waals surface area contributed by atoms with Gasteiger partial charge in [-0.2, -0.15) is 0 Å². The van der Waals surface area contributed by atoms with Crippen LogP contribution in [0.3, 0.4) is 0 Å². The number of rotatable bonds is 4. The van der Waals surface area contributed by atoms with Gasteiger partial charge in [0.1, 0.15) is 5.69 Å². The van der Waals surface area contributed by atoms with Crippen molar-refractivity contribution < 1.29 is 14.7 Å². The number of aliphatic hydroxyl groups excluding tert-OH is 1. The van der Waals surface area contributed by atoms with Crippen LogP contribution in [0, 0.1) is 5.92 Å². The fourth-order valence-corrected chi connectivity index (χ4v) is 2.83. The molecule has 1 fully saturated rings. The molecule has 0 bridgehead atoms. The monoisotopic (exact) mass is 278 g/mol. The average molecular weight is 278 g/mol. The largest absolute Gasteiger partial charge is 0.393 e. The second-order valence-electron chi connectivity index (χ2n) is 5.73. The highest BCUT2D eigenvalue weighted by atomic mass is 16.3. The molecular weight excluding hydrogens is 256 g/mol. The number of nitrogens with zero attached hydrogens (tertiary/aromatic N) is 2. The highest BCUT2D eigenvalue weighted by Crippen LogP contribution is 2.26. The maximum atomic E-state index is 12.4. The highest BCUT2D eigenvalue weighted by molar-refractivity contribution is 5.99. The van der Waals surface area contributed by atoms with Gasteiger partial charge in [0.25, 0.3) is 5.91 Å². The Morgan fingerprint density at radius 3 is 2.65 bits per heavy atom. The summed E-state index contributed by atoms with van der Waals surface area (Å²) < 4.78 is 1.68. The van der Waals surface area contributed by atoms with Crippen LogP contribution in [-0.4, -0.2) is 46.0 Å². The zero-order valence-corrected chi connectivity index (χ0v) is 12.3. The second-order valence-corrected chi connectivity index (χ2v) is 5.73. The van der Waals surface area contributed by atoms with Gasteiger partial charge in [-0.25, -0.2) is 0 Å². The molecule has 0 spiro atoms. The van der Waals surface area contributed by atoms with Gasteiger partial charge in [-0.05, 0) is 25.8 Å². The van der Waals surface area contributed by atoms with Gasteiger partial charge in [0.05, 0.1) is 6.10 Å². The highest BCUT2D eigenvalue weighted by Gasteiger charge is 2.28. The second kappa shape index (κ2) is 5.79. The Labute approximate surface area is 119 Å². The summed E-state index contributed by atoms with van der Waals surface area (Å²) in [6.45, 7) is 2.04. The Balaban J connectivity index is 2.08. The van der Waals surface area contributed by atoms with E-state index >= 15 is 0 Å². The van der Waals surface area contributed by atoms with Crippen LogP contribution in [0.5, 0.6) is 0 Å². The van der Waals surface area contributed by atoms with Crippen LogP contribution in [0.15, 0.2) is 12.3 Å². The van der Waals surface area contributed by atoms with Crippen molar-refractivity contribution >= 4 is 11.7 Å². The van der Waals surface area contributed by atoms with Gasteiger partial charge in [-0.1, -0.05) is 6.42 Å². The third-order valence-electron chi connectivity index (χ3n) is 4.10. The SMILES string of the molecule is CC(=O)c1cc(C(=O)N(C)CC2CCCC2O)n(C)c1. The molecule has 0 saturated heterocycles. The summed E-state index contributed by atoms with van der Waals surface area (Å²) in [6, 6.07) is 1.63. The Bertz CT molecular complexity index is 521. The lowest BCUT2D eigenvalue weighted by Gasteiger charge is -2.23. The molecule has 2 atom stereocenters. The number of Topliss-reactive ketones (excluding diaryl/α,β-unsaturated/α-hetero) is 1. The van der Waals surface area contributed by atoms with E-state index in [0.29, 0.717) is 17.8 Å². The van der Waals surface area contributed by atoms with E-state index in [0.717, 1.165) is 19.3 Å². The molecule has 0 aromatic carbocycles. The molecule has 110 valence electrons. The Hall–Kier alpha value is -1.62. The van der Waals surface area contributed by atoms with Crippen LogP contribution in [0.1, 0.15) is 47.0 Å². The van der Waals surface area contributed by atoms with Crippen molar-refractivity contribution in [2.45, 2.75) is 32.3 Å². The van der Waals surface area contributed by atoms with E-state index in [1.54, 1.807) is 35.8 Å². The normalized spacial score (nSPS) is 22.0. The maximum absolute atomic E-state index is 12.4. The van der Waals surface area contributed by atoms with Gasteiger partial charge < -0.3 is 14.6 Å². The van der Waals surface area contributed by atoms with Crippen molar-refractivity contribution in [1.29, 1.82) is 0 Å². The van der Waals surface area contributed by atoms with Crippen LogP contribution in [0.4, 0.5) is 0 Å². The van der Waals surface area contributed by atoms with E-state index in [4.69, 9.17) is 0 Å². The molecule has 5 heteroatoms. The molecule has 0 radical (unpaired) electrons. The molecule has 1 N–H and O–H groups in total. The van der Waals surface area contributed by atoms with E-state index in [9.17, 15) is 14.7 Å². The van der Waals surface area contributed by atoms with Crippen molar-refractivity contribution in [3.05, 3.63) is 23.5 Å². The lowest BCUT2D eigenvalue weighted by molar-refractivity contribution is 0.0685. The molecule has 5 nitrogen and oxygen atoms in total. The van der Waals surface area contributed by atoms with Crippen LogP contribution >= 0.6 is 0 Å². The first-order valence-corrected chi connectivity index (χ1v) is 7.01. The van der Waals surface area contributed by atoms with Gasteiger partial charge in [0, 0.05) is 38.3 Å². The summed E-state index contributed by atoms with van der Waals surface area (Å²) in [5.41, 5.74) is 1.05. The molecule has 1 amide bonds. The van der Waals surface area contributed by atoms with Crippen LogP contribution in [-0.2, 0) is 7.05 Å². The number of ketones is 1. The van der Waals surface area contributed by atoms with Gasteiger partial charge in [-0.15, -0.1) is 0 Å². The minimum Gasteiger partial charge on any atom is -0.393 e. The zero-order valence-electron chi connectivity index (χ0n) is 12.3. The number of hydrogen-bond acceptors (Lipinski definition) is 3. The first kappa shape index (κ1) is 14.8. The molecular formula is C15H22N2O3. The summed E-state index contributed by atoms with van der Waals surface area (Å²) in [7, 11) is 3.51. The number of aryl methyl sites for hydroxylation is 1. The van der Waals surface area contributed by atoms with Gasteiger partial charge in [0.15, 0.2) is 5.78 Å². The molecule has 1 saturated carbocycles. The van der Waals surface area contributed by atoms with Gasteiger partial charge in [0.2, 0.25) is 0 Å². The molecule has 2 rings (SSSR count). The lowest BCUT2D eigenvalue weighted by Crippen LogP contribution is -2.35. The molecule has 2 unspecified atom stereocenters. The average Bonchev–Trinajstić information content (AvgIpc) is 2.95.